The van der Waals surface area contributed by atoms with Gasteiger partial charge in [0.25, 0.3) is 0 Å². The summed E-state index contributed by atoms with van der Waals surface area (Å²) in [7, 11) is 1.73. The van der Waals surface area contributed by atoms with Crippen molar-refractivity contribution in [1.82, 2.24) is 20.5 Å². The fourth-order valence-electron chi connectivity index (χ4n) is 3.42. The van der Waals surface area contributed by atoms with Crippen LogP contribution in [0.25, 0.3) is 0 Å². The molecule has 0 atom stereocenters. The molecule has 0 unspecified atom stereocenters. The van der Waals surface area contributed by atoms with E-state index in [1.165, 1.54) is 37.7 Å². The van der Waals surface area contributed by atoms with E-state index in [4.69, 9.17) is 4.74 Å². The van der Waals surface area contributed by atoms with Gasteiger partial charge in [0.05, 0.1) is 7.11 Å². The van der Waals surface area contributed by atoms with Crippen molar-refractivity contribution in [2.45, 2.75) is 44.1 Å². The molecule has 1 fully saturated rings. The maximum Gasteiger partial charge on any atom is 0.137 e. The smallest absolute Gasteiger partial charge is 0.137 e. The third kappa shape index (κ3) is 3.30. The third-order valence-electron chi connectivity index (χ3n) is 4.62. The summed E-state index contributed by atoms with van der Waals surface area (Å²) in [5, 5.41) is 10.6. The maximum atomic E-state index is 5.40. The van der Waals surface area contributed by atoms with Gasteiger partial charge < -0.3 is 10.1 Å². The Bertz CT molecular complexity index is 576. The van der Waals surface area contributed by atoms with E-state index in [1.54, 1.807) is 13.4 Å². The molecule has 1 aliphatic rings. The monoisotopic (exact) mass is 300 g/mol. The maximum absolute atomic E-state index is 5.40. The van der Waals surface area contributed by atoms with Crippen LogP contribution in [0.15, 0.2) is 30.6 Å². The van der Waals surface area contributed by atoms with Crippen LogP contribution in [-0.4, -0.2) is 28.8 Å². The largest absolute Gasteiger partial charge is 0.497 e. The van der Waals surface area contributed by atoms with E-state index in [-0.39, 0.29) is 5.54 Å². The molecular formula is C17H24N4O. The van der Waals surface area contributed by atoms with Crippen molar-refractivity contribution in [3.05, 3.63) is 42.0 Å². The molecule has 0 spiro atoms. The van der Waals surface area contributed by atoms with Gasteiger partial charge in [-0.2, -0.15) is 5.10 Å². The highest BCUT2D eigenvalue weighted by Gasteiger charge is 2.33. The van der Waals surface area contributed by atoms with E-state index in [2.05, 4.69) is 38.7 Å². The molecule has 1 aromatic heterocycles. The van der Waals surface area contributed by atoms with Crippen LogP contribution in [0.2, 0.25) is 0 Å². The molecule has 5 nitrogen and oxygen atoms in total. The lowest BCUT2D eigenvalue weighted by Crippen LogP contribution is -2.45. The van der Waals surface area contributed by atoms with Gasteiger partial charge in [-0.25, -0.2) is 4.98 Å². The molecule has 22 heavy (non-hydrogen) atoms. The molecule has 1 aliphatic carbocycles. The summed E-state index contributed by atoms with van der Waals surface area (Å²) < 4.78 is 5.40. The number of aromatic nitrogens is 3. The van der Waals surface area contributed by atoms with Crippen molar-refractivity contribution in [2.24, 2.45) is 0 Å². The lowest BCUT2D eigenvalue weighted by atomic mass is 9.76. The number of rotatable bonds is 6. The van der Waals surface area contributed by atoms with Gasteiger partial charge in [0.2, 0.25) is 0 Å². The first-order valence-electron chi connectivity index (χ1n) is 8.06. The van der Waals surface area contributed by atoms with Gasteiger partial charge >= 0.3 is 0 Å². The molecule has 0 aliphatic heterocycles. The van der Waals surface area contributed by atoms with Crippen molar-refractivity contribution in [3.63, 3.8) is 0 Å². The number of ether oxygens (including phenoxy) is 1. The first kappa shape index (κ1) is 15.0. The number of hydrogen-bond donors (Lipinski definition) is 2. The van der Waals surface area contributed by atoms with Crippen molar-refractivity contribution in [2.75, 3.05) is 13.7 Å². The number of hydrogen-bond acceptors (Lipinski definition) is 4. The van der Waals surface area contributed by atoms with Crippen LogP contribution in [0.1, 0.15) is 43.5 Å². The molecule has 118 valence electrons. The number of nitrogens with zero attached hydrogens (tertiary/aromatic N) is 2. The molecule has 1 saturated carbocycles. The molecule has 0 saturated heterocycles. The number of benzene rings is 1. The molecule has 2 aromatic rings. The van der Waals surface area contributed by atoms with Crippen LogP contribution in [0.4, 0.5) is 0 Å². The average Bonchev–Trinajstić information content (AvgIpc) is 3.09. The molecular weight excluding hydrogens is 276 g/mol. The second-order valence-electron chi connectivity index (χ2n) is 5.98. The molecule has 3 rings (SSSR count). The second kappa shape index (κ2) is 6.92. The van der Waals surface area contributed by atoms with Gasteiger partial charge in [-0.05, 0) is 30.5 Å². The van der Waals surface area contributed by atoms with E-state index in [0.29, 0.717) is 0 Å². The number of nitrogens with one attached hydrogen (secondary N) is 2. The minimum Gasteiger partial charge on any atom is -0.497 e. The summed E-state index contributed by atoms with van der Waals surface area (Å²) in [4.78, 5) is 4.20. The zero-order chi connectivity index (χ0) is 15.3. The van der Waals surface area contributed by atoms with Gasteiger partial charge in [-0.15, -0.1) is 0 Å². The van der Waals surface area contributed by atoms with Crippen LogP contribution < -0.4 is 10.1 Å². The third-order valence-corrected chi connectivity index (χ3v) is 4.62. The lowest BCUT2D eigenvalue weighted by molar-refractivity contribution is 0.234. The lowest BCUT2D eigenvalue weighted by Gasteiger charge is -2.39. The molecule has 5 heteroatoms. The summed E-state index contributed by atoms with van der Waals surface area (Å²) in [6, 6.07) is 8.49. The predicted molar refractivity (Wildman–Crippen MR) is 85.8 cm³/mol. The number of methoxy groups -OCH3 is 1. The Labute approximate surface area is 131 Å². The summed E-state index contributed by atoms with van der Waals surface area (Å²) >= 11 is 0. The van der Waals surface area contributed by atoms with Crippen LogP contribution >= 0.6 is 0 Å². The minimum atomic E-state index is 0.0623. The molecule has 1 aromatic carbocycles. The van der Waals surface area contributed by atoms with Crippen molar-refractivity contribution in [3.8, 4) is 5.75 Å². The first-order valence-corrected chi connectivity index (χ1v) is 8.06. The van der Waals surface area contributed by atoms with E-state index < -0.39 is 0 Å². The standard InChI is InChI=1S/C17H24N4O/c1-22-15-7-5-6-14(12-15)17(9-3-2-4-10-17)19-11-8-16-18-13-20-21-16/h5-7,12-13,19H,2-4,8-11H2,1H3,(H,18,20,21). The molecule has 0 bridgehead atoms. The fourth-order valence-corrected chi connectivity index (χ4v) is 3.42. The topological polar surface area (TPSA) is 62.8 Å². The normalized spacial score (nSPS) is 17.3. The molecule has 2 N–H and O–H groups in total. The Morgan fingerprint density at radius 2 is 2.14 bits per heavy atom. The Balaban J connectivity index is 1.74. The number of aromatic amines is 1. The number of H-pyrrole nitrogens is 1. The Morgan fingerprint density at radius 1 is 1.27 bits per heavy atom. The van der Waals surface area contributed by atoms with E-state index >= 15 is 0 Å². The van der Waals surface area contributed by atoms with Gasteiger partial charge in [0.15, 0.2) is 0 Å². The van der Waals surface area contributed by atoms with Crippen LogP contribution in [-0.2, 0) is 12.0 Å². The molecule has 1 heterocycles. The highest BCUT2D eigenvalue weighted by atomic mass is 16.5. The summed E-state index contributed by atoms with van der Waals surface area (Å²) in [6.45, 7) is 0.895. The fraction of sp³-hybridized carbons (Fsp3) is 0.529. The van der Waals surface area contributed by atoms with E-state index in [0.717, 1.165) is 24.5 Å². The van der Waals surface area contributed by atoms with Gasteiger partial charge in [-0.3, -0.25) is 5.10 Å². The Hall–Kier alpha value is -1.88. The zero-order valence-electron chi connectivity index (χ0n) is 13.1. The quantitative estimate of drug-likeness (QED) is 0.861. The van der Waals surface area contributed by atoms with E-state index in [9.17, 15) is 0 Å². The van der Waals surface area contributed by atoms with Crippen molar-refractivity contribution in [1.29, 1.82) is 0 Å². The summed E-state index contributed by atoms with van der Waals surface area (Å²) in [5.74, 6) is 1.86. The second-order valence-corrected chi connectivity index (χ2v) is 5.98. The predicted octanol–water partition coefficient (Wildman–Crippen LogP) is 2.81. The highest BCUT2D eigenvalue weighted by Crippen LogP contribution is 2.38. The van der Waals surface area contributed by atoms with Crippen molar-refractivity contribution >= 4 is 0 Å². The molecule has 0 radical (unpaired) electrons. The van der Waals surface area contributed by atoms with Gasteiger partial charge in [0, 0.05) is 18.5 Å². The first-order chi connectivity index (χ1) is 10.8. The Kier molecular flexibility index (Phi) is 4.73. The zero-order valence-corrected chi connectivity index (χ0v) is 13.1. The minimum absolute atomic E-state index is 0.0623. The van der Waals surface area contributed by atoms with Crippen LogP contribution in [0, 0.1) is 0 Å². The highest BCUT2D eigenvalue weighted by molar-refractivity contribution is 5.34. The van der Waals surface area contributed by atoms with Crippen LogP contribution in [0.3, 0.4) is 0 Å². The van der Waals surface area contributed by atoms with Crippen LogP contribution in [0.5, 0.6) is 5.75 Å². The van der Waals surface area contributed by atoms with Crippen molar-refractivity contribution < 1.29 is 4.74 Å². The summed E-state index contributed by atoms with van der Waals surface area (Å²) in [5.41, 5.74) is 1.40. The Morgan fingerprint density at radius 3 is 2.86 bits per heavy atom. The van der Waals surface area contributed by atoms with E-state index in [1.807, 2.05) is 6.07 Å². The summed E-state index contributed by atoms with van der Waals surface area (Å²) in [6.07, 6.45) is 8.65. The average molecular weight is 300 g/mol. The van der Waals surface area contributed by atoms with Gasteiger partial charge in [-0.1, -0.05) is 31.4 Å². The SMILES string of the molecule is COc1cccc(C2(NCCc3ncn[nH]3)CCCCC2)c1. The molecule has 0 amide bonds. The van der Waals surface area contributed by atoms with Gasteiger partial charge in [0.1, 0.15) is 17.9 Å².